The average molecular weight is 286 g/mol. The molecule has 0 spiro atoms. The van der Waals surface area contributed by atoms with Crippen LogP contribution in [0.2, 0.25) is 0 Å². The average Bonchev–Trinajstić information content (AvgIpc) is 2.43. The van der Waals surface area contributed by atoms with Crippen LogP contribution in [0.15, 0.2) is 0 Å². The Morgan fingerprint density at radius 1 is 1.25 bits per heavy atom. The van der Waals surface area contributed by atoms with Crippen molar-refractivity contribution in [3.8, 4) is 0 Å². The molecule has 1 fully saturated rings. The number of aliphatic carboxylic acids is 1. The molecule has 1 aliphatic heterocycles. The third kappa shape index (κ3) is 5.00. The number of likely N-dealkylation sites (tertiary alicyclic amines) is 1. The minimum atomic E-state index is -0.768. The SMILES string of the molecule is COCCCCCNC(=O)N1CCC(C)(C(=O)O)CC1. The van der Waals surface area contributed by atoms with Gasteiger partial charge in [-0.05, 0) is 39.0 Å². The first-order valence-electron chi connectivity index (χ1n) is 7.25. The molecule has 0 saturated carbocycles. The second-order valence-electron chi connectivity index (χ2n) is 5.64. The predicted molar refractivity (Wildman–Crippen MR) is 75.7 cm³/mol. The van der Waals surface area contributed by atoms with Gasteiger partial charge in [-0.25, -0.2) is 4.79 Å². The van der Waals surface area contributed by atoms with Crippen LogP contribution in [0.25, 0.3) is 0 Å². The maximum absolute atomic E-state index is 11.9. The minimum Gasteiger partial charge on any atom is -0.481 e. The standard InChI is InChI=1S/C14H26N2O4/c1-14(12(17)18)6-9-16(10-7-14)13(19)15-8-4-3-5-11-20-2/h3-11H2,1-2H3,(H,15,19)(H,17,18). The molecule has 0 bridgehead atoms. The summed E-state index contributed by atoms with van der Waals surface area (Å²) in [6.45, 7) is 4.19. The number of hydrogen-bond donors (Lipinski definition) is 2. The minimum absolute atomic E-state index is 0.0795. The van der Waals surface area contributed by atoms with Gasteiger partial charge >= 0.3 is 12.0 Å². The van der Waals surface area contributed by atoms with Gasteiger partial charge in [-0.15, -0.1) is 0 Å². The Morgan fingerprint density at radius 3 is 2.45 bits per heavy atom. The number of carbonyl (C=O) groups excluding carboxylic acids is 1. The highest BCUT2D eigenvalue weighted by Gasteiger charge is 2.37. The van der Waals surface area contributed by atoms with E-state index >= 15 is 0 Å². The number of hydrogen-bond acceptors (Lipinski definition) is 3. The third-order valence-electron chi connectivity index (χ3n) is 3.97. The number of amides is 2. The topological polar surface area (TPSA) is 78.9 Å². The van der Waals surface area contributed by atoms with E-state index in [1.807, 2.05) is 0 Å². The Balaban J connectivity index is 2.18. The molecule has 116 valence electrons. The van der Waals surface area contributed by atoms with Crippen molar-refractivity contribution in [3.05, 3.63) is 0 Å². The normalized spacial score (nSPS) is 17.8. The maximum atomic E-state index is 11.9. The number of nitrogens with one attached hydrogen (secondary N) is 1. The second kappa shape index (κ2) is 8.09. The van der Waals surface area contributed by atoms with Crippen molar-refractivity contribution >= 4 is 12.0 Å². The lowest BCUT2D eigenvalue weighted by molar-refractivity contribution is -0.150. The van der Waals surface area contributed by atoms with Gasteiger partial charge in [-0.3, -0.25) is 4.79 Å². The van der Waals surface area contributed by atoms with E-state index in [2.05, 4.69) is 5.32 Å². The first kappa shape index (κ1) is 16.8. The van der Waals surface area contributed by atoms with Gasteiger partial charge in [-0.1, -0.05) is 0 Å². The van der Waals surface area contributed by atoms with Crippen LogP contribution in [0, 0.1) is 5.41 Å². The number of ether oxygens (including phenoxy) is 1. The molecule has 6 nitrogen and oxygen atoms in total. The monoisotopic (exact) mass is 286 g/mol. The van der Waals surface area contributed by atoms with Crippen molar-refractivity contribution in [2.24, 2.45) is 5.41 Å². The highest BCUT2D eigenvalue weighted by atomic mass is 16.5. The highest BCUT2D eigenvalue weighted by molar-refractivity contribution is 5.76. The van der Waals surface area contributed by atoms with Gasteiger partial charge in [0.05, 0.1) is 5.41 Å². The summed E-state index contributed by atoms with van der Waals surface area (Å²) in [5.41, 5.74) is -0.684. The molecule has 20 heavy (non-hydrogen) atoms. The molecule has 0 atom stereocenters. The van der Waals surface area contributed by atoms with Crippen LogP contribution < -0.4 is 5.32 Å². The Hall–Kier alpha value is -1.30. The van der Waals surface area contributed by atoms with Crippen LogP contribution in [-0.4, -0.2) is 55.4 Å². The number of carboxylic acids is 1. The van der Waals surface area contributed by atoms with Gasteiger partial charge in [-0.2, -0.15) is 0 Å². The molecule has 6 heteroatoms. The summed E-state index contributed by atoms with van der Waals surface area (Å²) in [5.74, 6) is -0.768. The Labute approximate surface area is 120 Å². The Bertz CT molecular complexity index is 325. The lowest BCUT2D eigenvalue weighted by Crippen LogP contribution is -2.48. The first-order valence-corrected chi connectivity index (χ1v) is 7.25. The fourth-order valence-electron chi connectivity index (χ4n) is 2.27. The van der Waals surface area contributed by atoms with Crippen molar-refractivity contribution < 1.29 is 19.4 Å². The van der Waals surface area contributed by atoms with Gasteiger partial charge in [0, 0.05) is 33.4 Å². The summed E-state index contributed by atoms with van der Waals surface area (Å²) in [7, 11) is 1.68. The predicted octanol–water partition coefficient (Wildman–Crippen LogP) is 1.70. The van der Waals surface area contributed by atoms with Gasteiger partial charge in [0.25, 0.3) is 0 Å². The number of unbranched alkanes of at least 4 members (excludes halogenated alkanes) is 2. The molecule has 1 rings (SSSR count). The van der Waals surface area contributed by atoms with Crippen LogP contribution in [0.4, 0.5) is 4.79 Å². The summed E-state index contributed by atoms with van der Waals surface area (Å²) >= 11 is 0. The van der Waals surface area contributed by atoms with Crippen LogP contribution in [-0.2, 0) is 9.53 Å². The highest BCUT2D eigenvalue weighted by Crippen LogP contribution is 2.30. The van der Waals surface area contributed by atoms with Gasteiger partial charge in [0.2, 0.25) is 0 Å². The summed E-state index contributed by atoms with van der Waals surface area (Å²) in [5, 5.41) is 12.0. The molecule has 0 unspecified atom stereocenters. The summed E-state index contributed by atoms with van der Waals surface area (Å²) in [6.07, 6.45) is 4.02. The molecule has 2 amide bonds. The quantitative estimate of drug-likeness (QED) is 0.698. The molecule has 0 radical (unpaired) electrons. The molecule has 0 aromatic carbocycles. The summed E-state index contributed by atoms with van der Waals surface area (Å²) < 4.78 is 4.96. The van der Waals surface area contributed by atoms with Crippen LogP contribution in [0.5, 0.6) is 0 Å². The fourth-order valence-corrected chi connectivity index (χ4v) is 2.27. The molecule has 2 N–H and O–H groups in total. The zero-order valence-electron chi connectivity index (χ0n) is 12.5. The van der Waals surface area contributed by atoms with Gasteiger partial charge < -0.3 is 20.1 Å². The number of methoxy groups -OCH3 is 1. The smallest absolute Gasteiger partial charge is 0.317 e. The third-order valence-corrected chi connectivity index (χ3v) is 3.97. The van der Waals surface area contributed by atoms with E-state index < -0.39 is 11.4 Å². The maximum Gasteiger partial charge on any atom is 0.317 e. The van der Waals surface area contributed by atoms with Crippen molar-refractivity contribution in [2.45, 2.75) is 39.0 Å². The Kier molecular flexibility index (Phi) is 6.78. The van der Waals surface area contributed by atoms with Crippen molar-refractivity contribution in [3.63, 3.8) is 0 Å². The zero-order chi connectivity index (χ0) is 15.0. The number of nitrogens with zero attached hydrogens (tertiary/aromatic N) is 1. The van der Waals surface area contributed by atoms with Crippen LogP contribution >= 0.6 is 0 Å². The summed E-state index contributed by atoms with van der Waals surface area (Å²) in [4.78, 5) is 24.7. The van der Waals surface area contributed by atoms with E-state index in [-0.39, 0.29) is 6.03 Å². The Morgan fingerprint density at radius 2 is 1.90 bits per heavy atom. The molecule has 1 heterocycles. The number of piperidine rings is 1. The molecular weight excluding hydrogens is 260 g/mol. The van der Waals surface area contributed by atoms with Gasteiger partial charge in [0.1, 0.15) is 0 Å². The van der Waals surface area contributed by atoms with E-state index in [1.165, 1.54) is 0 Å². The lowest BCUT2D eigenvalue weighted by Gasteiger charge is -2.36. The van der Waals surface area contributed by atoms with E-state index in [0.29, 0.717) is 32.5 Å². The molecule has 1 aliphatic rings. The molecule has 0 aliphatic carbocycles. The van der Waals surface area contributed by atoms with Crippen LogP contribution in [0.3, 0.4) is 0 Å². The van der Waals surface area contributed by atoms with Crippen molar-refractivity contribution in [1.29, 1.82) is 0 Å². The number of carboxylic acid groups (broad SMARTS) is 1. The number of carbonyl (C=O) groups is 2. The number of urea groups is 1. The molecule has 1 saturated heterocycles. The van der Waals surface area contributed by atoms with Crippen molar-refractivity contribution in [2.75, 3.05) is 33.4 Å². The fraction of sp³-hybridized carbons (Fsp3) is 0.857. The number of rotatable bonds is 7. The van der Waals surface area contributed by atoms with E-state index in [9.17, 15) is 9.59 Å². The van der Waals surface area contributed by atoms with Crippen molar-refractivity contribution in [1.82, 2.24) is 10.2 Å². The zero-order valence-corrected chi connectivity index (χ0v) is 12.5. The first-order chi connectivity index (χ1) is 9.49. The largest absolute Gasteiger partial charge is 0.481 e. The second-order valence-corrected chi connectivity index (χ2v) is 5.64. The molecular formula is C14H26N2O4. The molecule has 0 aromatic rings. The lowest BCUT2D eigenvalue weighted by atomic mass is 9.80. The molecule has 0 aromatic heterocycles. The van der Waals surface area contributed by atoms with E-state index in [4.69, 9.17) is 9.84 Å². The van der Waals surface area contributed by atoms with E-state index in [0.717, 1.165) is 25.9 Å². The van der Waals surface area contributed by atoms with E-state index in [1.54, 1.807) is 18.9 Å². The summed E-state index contributed by atoms with van der Waals surface area (Å²) in [6, 6.07) is -0.0795. The van der Waals surface area contributed by atoms with Crippen LogP contribution in [0.1, 0.15) is 39.0 Å². The van der Waals surface area contributed by atoms with Gasteiger partial charge in [0.15, 0.2) is 0 Å².